The zero-order chi connectivity index (χ0) is 20.9. The van der Waals surface area contributed by atoms with Crippen LogP contribution in [0.3, 0.4) is 0 Å². The van der Waals surface area contributed by atoms with Gasteiger partial charge >= 0.3 is 13.6 Å². The van der Waals surface area contributed by atoms with Crippen molar-refractivity contribution in [3.05, 3.63) is 62.1 Å². The molecule has 2 aromatic rings. The van der Waals surface area contributed by atoms with Crippen LogP contribution >= 0.6 is 54.0 Å². The van der Waals surface area contributed by atoms with Crippen LogP contribution in [0.15, 0.2) is 36.4 Å². The number of hydrogen-bond donors (Lipinski definition) is 1. The summed E-state index contributed by atoms with van der Waals surface area (Å²) in [5.41, 5.74) is 0.0724. The fraction of sp³-hybridized carbons (Fsp3) is 0.235. The Labute approximate surface area is 181 Å². The topological polar surface area (TPSA) is 82.1 Å². The highest BCUT2D eigenvalue weighted by molar-refractivity contribution is 7.53. The Morgan fingerprint density at radius 1 is 1.07 bits per heavy atom. The smallest absolute Gasteiger partial charge is 0.373 e. The Kier molecular flexibility index (Phi) is 8.46. The number of ether oxygens (including phenoxy) is 2. The zero-order valence-electron chi connectivity index (χ0n) is 14.4. The maximum absolute atomic E-state index is 12.5. The van der Waals surface area contributed by atoms with E-state index in [1.165, 1.54) is 43.3 Å². The fourth-order valence-corrected chi connectivity index (χ4v) is 4.53. The van der Waals surface area contributed by atoms with E-state index in [0.29, 0.717) is 10.0 Å². The first kappa shape index (κ1) is 23.3. The van der Waals surface area contributed by atoms with Crippen molar-refractivity contribution in [1.29, 1.82) is 0 Å². The Hall–Kier alpha value is -0.980. The molecule has 28 heavy (non-hydrogen) atoms. The fourth-order valence-electron chi connectivity index (χ4n) is 2.15. The third kappa shape index (κ3) is 6.26. The van der Waals surface area contributed by atoms with Crippen molar-refractivity contribution in [1.82, 2.24) is 0 Å². The molecule has 0 heterocycles. The first-order valence-corrected chi connectivity index (χ1v) is 11.0. The quantitative estimate of drug-likeness (QED) is 0.355. The van der Waals surface area contributed by atoms with Crippen molar-refractivity contribution in [3.63, 3.8) is 0 Å². The van der Waals surface area contributed by atoms with E-state index in [0.717, 1.165) is 0 Å². The van der Waals surface area contributed by atoms with Crippen LogP contribution in [0.4, 0.5) is 0 Å². The second-order valence-electron chi connectivity index (χ2n) is 5.35. The molecule has 0 spiro atoms. The molecule has 0 radical (unpaired) electrons. The largest absolute Gasteiger partial charge is 0.480 e. The van der Waals surface area contributed by atoms with E-state index in [9.17, 15) is 14.3 Å². The second kappa shape index (κ2) is 10.2. The Morgan fingerprint density at radius 2 is 1.68 bits per heavy atom. The molecule has 0 aliphatic rings. The minimum absolute atomic E-state index is 0.0425. The summed E-state index contributed by atoms with van der Waals surface area (Å²) in [5.74, 6) is -2.40. The van der Waals surface area contributed by atoms with Crippen LogP contribution < -0.4 is 4.74 Å². The van der Waals surface area contributed by atoms with Crippen LogP contribution in [-0.2, 0) is 18.6 Å². The Morgan fingerprint density at radius 3 is 2.25 bits per heavy atom. The lowest BCUT2D eigenvalue weighted by atomic mass is 10.2. The van der Waals surface area contributed by atoms with Crippen molar-refractivity contribution in [2.75, 3.05) is 13.2 Å². The Balaban J connectivity index is 2.19. The molecule has 0 aromatic heterocycles. The molecule has 6 nitrogen and oxygen atoms in total. The third-order valence-electron chi connectivity index (χ3n) is 3.32. The maximum atomic E-state index is 12.5. The van der Waals surface area contributed by atoms with Gasteiger partial charge in [0.2, 0.25) is 5.85 Å². The van der Waals surface area contributed by atoms with Gasteiger partial charge in [-0.2, -0.15) is 0 Å². The molecule has 11 heteroatoms. The van der Waals surface area contributed by atoms with Gasteiger partial charge in [0.1, 0.15) is 5.75 Å². The van der Waals surface area contributed by atoms with Crippen molar-refractivity contribution in [3.8, 4) is 5.75 Å². The van der Waals surface area contributed by atoms with Crippen LogP contribution in [0.5, 0.6) is 5.75 Å². The predicted molar refractivity (Wildman–Crippen MR) is 109 cm³/mol. The van der Waals surface area contributed by atoms with Crippen LogP contribution in [0.1, 0.15) is 18.3 Å². The van der Waals surface area contributed by atoms with E-state index >= 15 is 0 Å². The summed E-state index contributed by atoms with van der Waals surface area (Å²) in [5, 5.41) is 0.944. The first-order chi connectivity index (χ1) is 13.1. The van der Waals surface area contributed by atoms with Crippen molar-refractivity contribution >= 4 is 60.0 Å². The van der Waals surface area contributed by atoms with Gasteiger partial charge in [-0.3, -0.25) is 4.57 Å². The summed E-state index contributed by atoms with van der Waals surface area (Å²) < 4.78 is 27.9. The lowest BCUT2D eigenvalue weighted by Gasteiger charge is -2.23. The molecule has 0 amide bonds. The summed E-state index contributed by atoms with van der Waals surface area (Å²) in [6.07, 6.45) is 0. The lowest BCUT2D eigenvalue weighted by molar-refractivity contribution is -0.149. The van der Waals surface area contributed by atoms with Crippen LogP contribution in [0.2, 0.25) is 20.1 Å². The predicted octanol–water partition coefficient (Wildman–Crippen LogP) is 6.14. The van der Waals surface area contributed by atoms with Gasteiger partial charge in [0.15, 0.2) is 6.61 Å². The SMILES string of the molecule is CCOP(=O)(O)C(OC(=O)COc1ccc(Cl)cc1Cl)c1ccc(Cl)cc1Cl. The van der Waals surface area contributed by atoms with Crippen molar-refractivity contribution in [2.45, 2.75) is 12.8 Å². The average molecular weight is 488 g/mol. The number of halogens is 4. The standard InChI is InChI=1S/C17H15Cl4O6P/c1-2-26-28(23,24)17(12-5-3-10(18)7-13(12)20)27-16(22)9-25-15-6-4-11(19)8-14(15)21/h3-8,17H,2,9H2,1H3,(H,23,24). The van der Waals surface area contributed by atoms with Crippen molar-refractivity contribution < 1.29 is 28.3 Å². The zero-order valence-corrected chi connectivity index (χ0v) is 18.3. The van der Waals surface area contributed by atoms with Gasteiger partial charge in [0, 0.05) is 20.6 Å². The van der Waals surface area contributed by atoms with Crippen molar-refractivity contribution in [2.24, 2.45) is 0 Å². The molecule has 152 valence electrons. The van der Waals surface area contributed by atoms with Gasteiger partial charge in [-0.15, -0.1) is 0 Å². The number of rotatable bonds is 8. The summed E-state index contributed by atoms with van der Waals surface area (Å²) in [6.45, 7) is 0.871. The van der Waals surface area contributed by atoms with E-state index in [4.69, 9.17) is 60.4 Å². The number of esters is 1. The van der Waals surface area contributed by atoms with Gasteiger partial charge in [0.05, 0.1) is 11.6 Å². The van der Waals surface area contributed by atoms with Gasteiger partial charge in [-0.25, -0.2) is 4.79 Å². The molecule has 1 N–H and O–H groups in total. The minimum Gasteiger partial charge on any atom is -0.480 e. The van der Waals surface area contributed by atoms with E-state index in [2.05, 4.69) is 0 Å². The molecule has 0 aliphatic heterocycles. The van der Waals surface area contributed by atoms with E-state index in [1.54, 1.807) is 0 Å². The highest BCUT2D eigenvalue weighted by atomic mass is 35.5. The highest BCUT2D eigenvalue weighted by Gasteiger charge is 2.38. The minimum atomic E-state index is -4.40. The Bertz CT molecular complexity index is 907. The number of hydrogen-bond acceptors (Lipinski definition) is 5. The van der Waals surface area contributed by atoms with Gasteiger partial charge in [0.25, 0.3) is 0 Å². The second-order valence-corrected chi connectivity index (χ2v) is 8.90. The van der Waals surface area contributed by atoms with E-state index < -0.39 is 26.0 Å². The lowest BCUT2D eigenvalue weighted by Crippen LogP contribution is -2.19. The molecule has 2 rings (SSSR count). The molecule has 2 unspecified atom stereocenters. The van der Waals surface area contributed by atoms with Gasteiger partial charge in [-0.1, -0.05) is 52.5 Å². The van der Waals surface area contributed by atoms with E-state index in [-0.39, 0.29) is 28.0 Å². The monoisotopic (exact) mass is 486 g/mol. The molecule has 0 aliphatic carbocycles. The molecule has 0 saturated carbocycles. The molecular formula is C17H15Cl4O6P. The number of carbonyl (C=O) groups is 1. The molecule has 0 fully saturated rings. The first-order valence-electron chi connectivity index (χ1n) is 7.83. The van der Waals surface area contributed by atoms with Crippen LogP contribution in [0.25, 0.3) is 0 Å². The highest BCUT2D eigenvalue weighted by Crippen LogP contribution is 2.58. The van der Waals surface area contributed by atoms with Gasteiger partial charge < -0.3 is 18.9 Å². The van der Waals surface area contributed by atoms with Crippen LogP contribution in [0, 0.1) is 0 Å². The third-order valence-corrected chi connectivity index (χ3v) is 6.02. The molecular weight excluding hydrogens is 473 g/mol. The molecule has 0 saturated heterocycles. The molecule has 0 bridgehead atoms. The summed E-state index contributed by atoms with van der Waals surface area (Å²) in [4.78, 5) is 22.5. The number of carbonyl (C=O) groups excluding carboxylic acids is 1. The van der Waals surface area contributed by atoms with Crippen LogP contribution in [-0.4, -0.2) is 24.1 Å². The summed E-state index contributed by atoms with van der Waals surface area (Å²) in [6, 6.07) is 8.62. The molecule has 2 atom stereocenters. The summed E-state index contributed by atoms with van der Waals surface area (Å²) >= 11 is 23.7. The normalized spacial score (nSPS) is 14.2. The molecule has 2 aromatic carbocycles. The van der Waals surface area contributed by atoms with E-state index in [1.807, 2.05) is 0 Å². The number of benzene rings is 2. The van der Waals surface area contributed by atoms with Gasteiger partial charge in [-0.05, 0) is 37.3 Å². The summed E-state index contributed by atoms with van der Waals surface area (Å²) in [7, 11) is -4.40. The average Bonchev–Trinajstić information content (AvgIpc) is 2.59. The maximum Gasteiger partial charge on any atom is 0.373 e.